The van der Waals surface area contributed by atoms with Gasteiger partial charge in [-0.1, -0.05) is 152 Å². The van der Waals surface area contributed by atoms with E-state index in [-0.39, 0.29) is 0 Å². The van der Waals surface area contributed by atoms with Crippen LogP contribution in [0.3, 0.4) is 0 Å². The van der Waals surface area contributed by atoms with Crippen LogP contribution in [-0.2, 0) is 0 Å². The van der Waals surface area contributed by atoms with Crippen molar-refractivity contribution in [1.82, 2.24) is 19.5 Å². The fourth-order valence-electron chi connectivity index (χ4n) is 8.60. The fraction of sp³-hybridized carbons (Fsp3) is 0. The van der Waals surface area contributed by atoms with Crippen LogP contribution in [0.15, 0.2) is 218 Å². The highest BCUT2D eigenvalue weighted by atomic mass is 16.6. The van der Waals surface area contributed by atoms with Crippen LogP contribution >= 0.6 is 0 Å². The number of hydrogen-bond donors (Lipinski definition) is 0. The SMILES string of the molecule is c1ccc(-c2cc(-c3ccccc3)cc(-n3c4ccccc4c4cc(-c5ccc6c(c5)Oc5ccc(-c7nc(-c8ccccc8)nc(-c8ccccc8)n7)cc5O6)ccc43)c2)cc1. The van der Waals surface area contributed by atoms with Gasteiger partial charge >= 0.3 is 0 Å². The summed E-state index contributed by atoms with van der Waals surface area (Å²) in [5, 5.41) is 2.36. The molecule has 2 aromatic heterocycles. The predicted octanol–water partition coefficient (Wildman–Crippen LogP) is 14.9. The molecule has 0 saturated carbocycles. The summed E-state index contributed by atoms with van der Waals surface area (Å²) in [6, 6.07) is 75.4. The molecule has 0 fully saturated rings. The standard InChI is InChI=1S/C57H36N4O2/c1-5-15-37(16-6-1)44-31-45(38-17-7-2-8-18-38)33-46(32-44)61-49-24-14-13-23-47(49)48-34-41(25-28-50(48)61)42-26-29-51-53(35-42)62-52-30-27-43(36-54(52)63-51)57-59-55(39-19-9-3-10-20-39)58-56(60-57)40-21-11-4-12-22-40/h1-36H. The van der Waals surface area contributed by atoms with Crippen molar-refractivity contribution in [2.24, 2.45) is 0 Å². The van der Waals surface area contributed by atoms with E-state index in [2.05, 4.69) is 138 Å². The van der Waals surface area contributed by atoms with Crippen molar-refractivity contribution >= 4 is 21.8 Å². The zero-order chi connectivity index (χ0) is 41.7. The Hall–Kier alpha value is -8.61. The average Bonchev–Trinajstić information content (AvgIpc) is 3.70. The Balaban J connectivity index is 0.896. The van der Waals surface area contributed by atoms with Crippen molar-refractivity contribution in [1.29, 1.82) is 0 Å². The first-order valence-electron chi connectivity index (χ1n) is 21.0. The third-order valence-corrected chi connectivity index (χ3v) is 11.7. The second kappa shape index (κ2) is 15.1. The van der Waals surface area contributed by atoms with E-state index in [4.69, 9.17) is 24.4 Å². The lowest BCUT2D eigenvalue weighted by Crippen LogP contribution is -2.02. The molecule has 1 aliphatic heterocycles. The smallest absolute Gasteiger partial charge is 0.170 e. The summed E-state index contributed by atoms with van der Waals surface area (Å²) in [6.45, 7) is 0. The Morgan fingerprint density at radius 2 is 0.698 bits per heavy atom. The van der Waals surface area contributed by atoms with E-state index in [1.54, 1.807) is 0 Å². The van der Waals surface area contributed by atoms with Crippen LogP contribution in [0.4, 0.5) is 0 Å². The molecule has 11 aromatic rings. The summed E-state index contributed by atoms with van der Waals surface area (Å²) in [5.41, 5.74) is 12.8. The monoisotopic (exact) mass is 808 g/mol. The molecule has 0 amide bonds. The van der Waals surface area contributed by atoms with Crippen molar-refractivity contribution in [2.45, 2.75) is 0 Å². The van der Waals surface area contributed by atoms with Crippen LogP contribution in [0.2, 0.25) is 0 Å². The molecule has 63 heavy (non-hydrogen) atoms. The van der Waals surface area contributed by atoms with E-state index in [0.717, 1.165) is 44.5 Å². The first-order valence-corrected chi connectivity index (χ1v) is 21.0. The van der Waals surface area contributed by atoms with Crippen LogP contribution in [-0.4, -0.2) is 19.5 Å². The van der Waals surface area contributed by atoms with E-state index in [1.807, 2.05) is 84.9 Å². The van der Waals surface area contributed by atoms with Crippen molar-refractivity contribution < 1.29 is 9.47 Å². The zero-order valence-electron chi connectivity index (χ0n) is 33.9. The van der Waals surface area contributed by atoms with E-state index in [9.17, 15) is 0 Å². The molecule has 6 heteroatoms. The molecule has 0 radical (unpaired) electrons. The number of rotatable bonds is 7. The lowest BCUT2D eigenvalue weighted by atomic mass is 9.98. The van der Waals surface area contributed by atoms with Crippen LogP contribution in [0.1, 0.15) is 0 Å². The minimum atomic E-state index is 0.549. The highest BCUT2D eigenvalue weighted by molar-refractivity contribution is 6.10. The van der Waals surface area contributed by atoms with Gasteiger partial charge in [0.15, 0.2) is 40.5 Å². The van der Waals surface area contributed by atoms with Crippen LogP contribution in [0, 0.1) is 0 Å². The molecule has 0 spiro atoms. The molecule has 0 N–H and O–H groups in total. The van der Waals surface area contributed by atoms with Gasteiger partial charge in [0.1, 0.15) is 0 Å². The third kappa shape index (κ3) is 6.67. The maximum absolute atomic E-state index is 6.55. The number of para-hydroxylation sites is 1. The average molecular weight is 809 g/mol. The van der Waals surface area contributed by atoms with Gasteiger partial charge in [0.25, 0.3) is 0 Å². The van der Waals surface area contributed by atoms with Crippen molar-refractivity contribution in [2.75, 3.05) is 0 Å². The van der Waals surface area contributed by atoms with Gasteiger partial charge in [-0.05, 0) is 100 Å². The summed E-state index contributed by atoms with van der Waals surface area (Å²) in [6.07, 6.45) is 0. The zero-order valence-corrected chi connectivity index (χ0v) is 33.9. The summed E-state index contributed by atoms with van der Waals surface area (Å²) in [7, 11) is 0. The lowest BCUT2D eigenvalue weighted by molar-refractivity contribution is 0.360. The highest BCUT2D eigenvalue weighted by Gasteiger charge is 2.23. The molecule has 12 rings (SSSR count). The summed E-state index contributed by atoms with van der Waals surface area (Å²) in [5.74, 6) is 4.26. The first kappa shape index (κ1) is 36.3. The second-order valence-electron chi connectivity index (χ2n) is 15.7. The molecule has 6 nitrogen and oxygen atoms in total. The van der Waals surface area contributed by atoms with Gasteiger partial charge in [-0.3, -0.25) is 0 Å². The second-order valence-corrected chi connectivity index (χ2v) is 15.7. The summed E-state index contributed by atoms with van der Waals surface area (Å²) in [4.78, 5) is 14.7. The van der Waals surface area contributed by atoms with Gasteiger partial charge in [0.2, 0.25) is 0 Å². The molecule has 0 atom stereocenters. The number of ether oxygens (including phenoxy) is 2. The largest absolute Gasteiger partial charge is 0.449 e. The maximum atomic E-state index is 6.55. The number of fused-ring (bicyclic) bond motifs is 5. The van der Waals surface area contributed by atoms with Crippen LogP contribution in [0.25, 0.3) is 95.0 Å². The molecule has 9 aromatic carbocycles. The third-order valence-electron chi connectivity index (χ3n) is 11.7. The van der Waals surface area contributed by atoms with Crippen molar-refractivity contribution in [3.05, 3.63) is 218 Å². The number of nitrogens with zero attached hydrogens (tertiary/aromatic N) is 4. The highest BCUT2D eigenvalue weighted by Crippen LogP contribution is 2.48. The van der Waals surface area contributed by atoms with Gasteiger partial charge in [0, 0.05) is 33.2 Å². The molecule has 296 valence electrons. The number of aromatic nitrogens is 4. The van der Waals surface area contributed by atoms with Crippen LogP contribution in [0.5, 0.6) is 23.0 Å². The Labute approximate surface area is 364 Å². The van der Waals surface area contributed by atoms with Gasteiger partial charge in [-0.25, -0.2) is 15.0 Å². The minimum Gasteiger partial charge on any atom is -0.449 e. The van der Waals surface area contributed by atoms with E-state index in [0.29, 0.717) is 40.5 Å². The molecule has 3 heterocycles. The summed E-state index contributed by atoms with van der Waals surface area (Å²) >= 11 is 0. The molecule has 0 aliphatic carbocycles. The molecule has 0 saturated heterocycles. The Morgan fingerprint density at radius 3 is 1.27 bits per heavy atom. The molecule has 0 bridgehead atoms. The minimum absolute atomic E-state index is 0.549. The first-order chi connectivity index (χ1) is 31.2. The van der Waals surface area contributed by atoms with Gasteiger partial charge in [0.05, 0.1) is 11.0 Å². The van der Waals surface area contributed by atoms with Crippen molar-refractivity contribution in [3.8, 4) is 96.2 Å². The molecule has 1 aliphatic rings. The van der Waals surface area contributed by atoms with Crippen molar-refractivity contribution in [3.63, 3.8) is 0 Å². The van der Waals surface area contributed by atoms with Gasteiger partial charge < -0.3 is 14.0 Å². The maximum Gasteiger partial charge on any atom is 0.170 e. The number of benzene rings is 9. The normalized spacial score (nSPS) is 11.7. The predicted molar refractivity (Wildman–Crippen MR) is 253 cm³/mol. The topological polar surface area (TPSA) is 62.1 Å². The fourth-order valence-corrected chi connectivity index (χ4v) is 8.60. The van der Waals surface area contributed by atoms with E-state index >= 15 is 0 Å². The quantitative estimate of drug-likeness (QED) is 0.160. The Bertz CT molecular complexity index is 3380. The molecular weight excluding hydrogens is 773 g/mol. The van der Waals surface area contributed by atoms with Gasteiger partial charge in [-0.15, -0.1) is 0 Å². The van der Waals surface area contributed by atoms with Crippen LogP contribution < -0.4 is 9.47 Å². The van der Waals surface area contributed by atoms with E-state index in [1.165, 1.54) is 33.0 Å². The lowest BCUT2D eigenvalue weighted by Gasteiger charge is -2.22. The molecule has 0 unspecified atom stereocenters. The molecular formula is C57H36N4O2. The Kier molecular flexibility index (Phi) is 8.71. The van der Waals surface area contributed by atoms with Gasteiger partial charge in [-0.2, -0.15) is 0 Å². The number of hydrogen-bond acceptors (Lipinski definition) is 5. The summed E-state index contributed by atoms with van der Waals surface area (Å²) < 4.78 is 15.5. The Morgan fingerprint density at radius 1 is 0.270 bits per heavy atom. The van der Waals surface area contributed by atoms with E-state index < -0.39 is 0 Å².